The van der Waals surface area contributed by atoms with Gasteiger partial charge in [-0.15, -0.1) is 0 Å². The normalized spacial score (nSPS) is 35.2. The Bertz CT molecular complexity index is 337. The number of rotatable bonds is 4. The van der Waals surface area contributed by atoms with Crippen molar-refractivity contribution >= 4 is 5.96 Å². The Kier molecular flexibility index (Phi) is 4.81. The minimum absolute atomic E-state index is 0.520. The van der Waals surface area contributed by atoms with Gasteiger partial charge in [0.05, 0.1) is 12.2 Å². The maximum atomic E-state index is 6.02. The summed E-state index contributed by atoms with van der Waals surface area (Å²) in [7, 11) is 0. The lowest BCUT2D eigenvalue weighted by molar-refractivity contribution is 0.0916. The highest BCUT2D eigenvalue weighted by atomic mass is 16.5. The fraction of sp³-hybridized carbons (Fsp3) is 0.938. The van der Waals surface area contributed by atoms with Crippen molar-refractivity contribution in [3.63, 3.8) is 0 Å². The zero-order valence-corrected chi connectivity index (χ0v) is 12.5. The van der Waals surface area contributed by atoms with Crippen molar-refractivity contribution in [2.24, 2.45) is 16.6 Å². The number of hydrogen-bond acceptors (Lipinski definition) is 2. The number of nitrogens with one attached hydrogen (secondary N) is 1. The number of ether oxygens (including phenoxy) is 1. The van der Waals surface area contributed by atoms with Crippen LogP contribution < -0.4 is 11.1 Å². The standard InChI is InChI=1S/C16H29N3O/c17-16(19-13-5-3-1-2-4-6-13)18-10-9-12-11-14-7-8-15(12)20-14/h12-15H,1-11H2,(H3,17,18,19). The average molecular weight is 279 g/mol. The molecule has 3 atom stereocenters. The molecule has 20 heavy (non-hydrogen) atoms. The topological polar surface area (TPSA) is 59.6 Å². The van der Waals surface area contributed by atoms with E-state index in [-0.39, 0.29) is 0 Å². The molecule has 0 aromatic rings. The highest BCUT2D eigenvalue weighted by Gasteiger charge is 2.39. The summed E-state index contributed by atoms with van der Waals surface area (Å²) in [6, 6.07) is 0.548. The third kappa shape index (κ3) is 3.66. The highest BCUT2D eigenvalue weighted by molar-refractivity contribution is 5.78. The molecule has 4 nitrogen and oxygen atoms in total. The highest BCUT2D eigenvalue weighted by Crippen LogP contribution is 2.40. The van der Waals surface area contributed by atoms with Gasteiger partial charge >= 0.3 is 0 Å². The van der Waals surface area contributed by atoms with Crippen LogP contribution in [0, 0.1) is 5.92 Å². The molecule has 114 valence electrons. The lowest BCUT2D eigenvalue weighted by Gasteiger charge is -2.18. The summed E-state index contributed by atoms with van der Waals surface area (Å²) in [5, 5.41) is 3.41. The Labute approximate surface area is 122 Å². The Morgan fingerprint density at radius 1 is 1.10 bits per heavy atom. The SMILES string of the molecule is NC(=NCCC1CC2CCC1O2)NC1CCCCCC1. The Morgan fingerprint density at radius 2 is 1.90 bits per heavy atom. The molecule has 3 aliphatic rings. The first-order chi connectivity index (χ1) is 9.81. The van der Waals surface area contributed by atoms with Crippen molar-refractivity contribution in [1.82, 2.24) is 5.32 Å². The fourth-order valence-electron chi connectivity index (χ4n) is 4.08. The molecule has 2 saturated heterocycles. The van der Waals surface area contributed by atoms with Gasteiger partial charge in [0.15, 0.2) is 5.96 Å². The van der Waals surface area contributed by atoms with E-state index in [1.165, 1.54) is 57.8 Å². The second kappa shape index (κ2) is 6.79. The molecule has 0 amide bonds. The second-order valence-corrected chi connectivity index (χ2v) is 6.76. The summed E-state index contributed by atoms with van der Waals surface area (Å²) in [5.74, 6) is 1.38. The molecule has 1 saturated carbocycles. The maximum Gasteiger partial charge on any atom is 0.188 e. The van der Waals surface area contributed by atoms with E-state index in [9.17, 15) is 0 Å². The molecule has 0 aromatic heterocycles. The van der Waals surface area contributed by atoms with Crippen LogP contribution in [-0.2, 0) is 4.74 Å². The summed E-state index contributed by atoms with van der Waals surface area (Å²) in [6.45, 7) is 0.850. The van der Waals surface area contributed by atoms with Gasteiger partial charge in [0, 0.05) is 12.6 Å². The van der Waals surface area contributed by atoms with Crippen LogP contribution >= 0.6 is 0 Å². The van der Waals surface area contributed by atoms with Gasteiger partial charge in [-0.3, -0.25) is 4.99 Å². The monoisotopic (exact) mass is 279 g/mol. The van der Waals surface area contributed by atoms with Gasteiger partial charge in [-0.25, -0.2) is 0 Å². The predicted octanol–water partition coefficient (Wildman–Crippen LogP) is 2.57. The van der Waals surface area contributed by atoms with Gasteiger partial charge in [0.2, 0.25) is 0 Å². The zero-order chi connectivity index (χ0) is 13.8. The first kappa shape index (κ1) is 14.2. The number of nitrogens with zero attached hydrogens (tertiary/aromatic N) is 1. The van der Waals surface area contributed by atoms with Crippen molar-refractivity contribution in [3.05, 3.63) is 0 Å². The third-order valence-corrected chi connectivity index (χ3v) is 5.22. The van der Waals surface area contributed by atoms with Crippen LogP contribution in [0.1, 0.15) is 64.2 Å². The molecule has 2 heterocycles. The molecule has 2 aliphatic heterocycles. The van der Waals surface area contributed by atoms with E-state index >= 15 is 0 Å². The van der Waals surface area contributed by atoms with E-state index in [0.29, 0.717) is 24.2 Å². The summed E-state index contributed by atoms with van der Waals surface area (Å²) >= 11 is 0. The molecule has 0 aromatic carbocycles. The van der Waals surface area contributed by atoms with Crippen molar-refractivity contribution in [2.45, 2.75) is 82.5 Å². The van der Waals surface area contributed by atoms with Gasteiger partial charge < -0.3 is 15.8 Å². The minimum Gasteiger partial charge on any atom is -0.375 e. The molecular weight excluding hydrogens is 250 g/mol. The molecule has 0 radical (unpaired) electrons. The quantitative estimate of drug-likeness (QED) is 0.472. The number of aliphatic imine (C=N–C) groups is 1. The van der Waals surface area contributed by atoms with E-state index < -0.39 is 0 Å². The van der Waals surface area contributed by atoms with Crippen LogP contribution in [0.3, 0.4) is 0 Å². The lowest BCUT2D eigenvalue weighted by Crippen LogP contribution is -2.40. The average Bonchev–Trinajstić information content (AvgIpc) is 2.96. The van der Waals surface area contributed by atoms with E-state index in [0.717, 1.165) is 18.9 Å². The van der Waals surface area contributed by atoms with Crippen LogP contribution in [0.4, 0.5) is 0 Å². The first-order valence-electron chi connectivity index (χ1n) is 8.53. The van der Waals surface area contributed by atoms with E-state index in [1.54, 1.807) is 0 Å². The van der Waals surface area contributed by atoms with Crippen molar-refractivity contribution < 1.29 is 4.74 Å². The van der Waals surface area contributed by atoms with E-state index in [4.69, 9.17) is 10.5 Å². The van der Waals surface area contributed by atoms with Crippen molar-refractivity contribution in [3.8, 4) is 0 Å². The molecule has 0 spiro atoms. The molecule has 2 bridgehead atoms. The van der Waals surface area contributed by atoms with Crippen molar-refractivity contribution in [1.29, 1.82) is 0 Å². The van der Waals surface area contributed by atoms with Crippen molar-refractivity contribution in [2.75, 3.05) is 6.54 Å². The maximum absolute atomic E-state index is 6.02. The van der Waals surface area contributed by atoms with Crippen LogP contribution in [0.15, 0.2) is 4.99 Å². The minimum atomic E-state index is 0.520. The summed E-state index contributed by atoms with van der Waals surface area (Å²) in [4.78, 5) is 4.52. The first-order valence-corrected chi connectivity index (χ1v) is 8.53. The van der Waals surface area contributed by atoms with Gasteiger partial charge in [0.25, 0.3) is 0 Å². The zero-order valence-electron chi connectivity index (χ0n) is 12.5. The molecule has 3 fully saturated rings. The van der Waals surface area contributed by atoms with Gasteiger partial charge in [-0.2, -0.15) is 0 Å². The van der Waals surface area contributed by atoms with Crippen LogP contribution in [0.5, 0.6) is 0 Å². The molecule has 3 rings (SSSR count). The Balaban J connectivity index is 1.37. The number of guanidine groups is 1. The van der Waals surface area contributed by atoms with Gasteiger partial charge in [0.1, 0.15) is 0 Å². The fourth-order valence-corrected chi connectivity index (χ4v) is 4.08. The largest absolute Gasteiger partial charge is 0.375 e. The molecule has 1 aliphatic carbocycles. The number of hydrogen-bond donors (Lipinski definition) is 2. The smallest absolute Gasteiger partial charge is 0.188 e. The van der Waals surface area contributed by atoms with E-state index in [2.05, 4.69) is 10.3 Å². The lowest BCUT2D eigenvalue weighted by atomic mass is 9.87. The van der Waals surface area contributed by atoms with Gasteiger partial charge in [-0.05, 0) is 44.4 Å². The molecule has 3 N–H and O–H groups in total. The summed E-state index contributed by atoms with van der Waals surface area (Å²) < 4.78 is 5.88. The predicted molar refractivity (Wildman–Crippen MR) is 81.7 cm³/mol. The third-order valence-electron chi connectivity index (χ3n) is 5.22. The number of fused-ring (bicyclic) bond motifs is 2. The second-order valence-electron chi connectivity index (χ2n) is 6.76. The molecule has 3 unspecified atom stereocenters. The van der Waals surface area contributed by atoms with Crippen LogP contribution in [-0.4, -0.2) is 30.8 Å². The van der Waals surface area contributed by atoms with Crippen LogP contribution in [0.25, 0.3) is 0 Å². The summed E-state index contributed by atoms with van der Waals surface area (Å²) in [5.41, 5.74) is 6.02. The molecule has 4 heteroatoms. The molecular formula is C16H29N3O. The Hall–Kier alpha value is -0.770. The number of nitrogens with two attached hydrogens (primary N) is 1. The summed E-state index contributed by atoms with van der Waals surface area (Å²) in [6.07, 6.45) is 13.9. The van der Waals surface area contributed by atoms with E-state index in [1.807, 2.05) is 0 Å². The Morgan fingerprint density at radius 3 is 2.55 bits per heavy atom. The van der Waals surface area contributed by atoms with Crippen LogP contribution in [0.2, 0.25) is 0 Å². The van der Waals surface area contributed by atoms with Gasteiger partial charge in [-0.1, -0.05) is 25.7 Å².